The van der Waals surface area contributed by atoms with Crippen molar-refractivity contribution in [2.75, 3.05) is 5.32 Å². The number of fused-ring (bicyclic) bond motifs is 1. The van der Waals surface area contributed by atoms with Gasteiger partial charge in [-0.1, -0.05) is 73.9 Å². The van der Waals surface area contributed by atoms with E-state index in [1.54, 1.807) is 0 Å². The second-order valence-corrected chi connectivity index (χ2v) is 8.61. The van der Waals surface area contributed by atoms with Crippen molar-refractivity contribution in [3.8, 4) is 5.75 Å². The third kappa shape index (κ3) is 3.81. The van der Waals surface area contributed by atoms with Gasteiger partial charge >= 0.3 is 0 Å². The SMILES string of the molecule is CC[C@@H](C)Oc1ccc(NC(=O)C2(c3cccc(C)c3)CCCC2)c2ccccc12. The molecule has 0 aliphatic heterocycles. The number of carbonyl (C=O) groups is 1. The van der Waals surface area contributed by atoms with Crippen molar-refractivity contribution in [2.45, 2.75) is 64.4 Å². The molecule has 1 N–H and O–H groups in total. The molecule has 1 saturated carbocycles. The molecule has 1 fully saturated rings. The predicted octanol–water partition coefficient (Wildman–Crippen LogP) is 6.78. The van der Waals surface area contributed by atoms with E-state index in [4.69, 9.17) is 4.74 Å². The van der Waals surface area contributed by atoms with E-state index in [2.05, 4.69) is 62.5 Å². The van der Waals surface area contributed by atoms with Gasteiger partial charge in [0.15, 0.2) is 0 Å². The van der Waals surface area contributed by atoms with Gasteiger partial charge in [0.05, 0.1) is 11.5 Å². The van der Waals surface area contributed by atoms with Crippen molar-refractivity contribution in [1.29, 1.82) is 0 Å². The van der Waals surface area contributed by atoms with Gasteiger partial charge in [-0.3, -0.25) is 4.79 Å². The second-order valence-electron chi connectivity index (χ2n) is 8.61. The number of rotatable bonds is 6. The molecular formula is C27H31NO2. The number of ether oxygens (including phenoxy) is 1. The zero-order chi connectivity index (χ0) is 21.1. The number of aryl methyl sites for hydroxylation is 1. The van der Waals surface area contributed by atoms with Crippen LogP contribution in [0.5, 0.6) is 5.75 Å². The lowest BCUT2D eigenvalue weighted by atomic mass is 9.77. The highest BCUT2D eigenvalue weighted by molar-refractivity contribution is 6.07. The molecule has 1 aliphatic carbocycles. The molecule has 3 heteroatoms. The highest BCUT2D eigenvalue weighted by atomic mass is 16.5. The van der Waals surface area contributed by atoms with Gasteiger partial charge in [0.1, 0.15) is 5.75 Å². The predicted molar refractivity (Wildman–Crippen MR) is 124 cm³/mol. The molecule has 3 aromatic rings. The van der Waals surface area contributed by atoms with Crippen LogP contribution in [0.25, 0.3) is 10.8 Å². The Labute approximate surface area is 179 Å². The minimum absolute atomic E-state index is 0.103. The van der Waals surface area contributed by atoms with Crippen LogP contribution in [0.1, 0.15) is 57.1 Å². The summed E-state index contributed by atoms with van der Waals surface area (Å²) in [5.41, 5.74) is 2.74. The van der Waals surface area contributed by atoms with E-state index in [1.807, 2.05) is 24.3 Å². The number of nitrogens with one attached hydrogen (secondary N) is 1. The summed E-state index contributed by atoms with van der Waals surface area (Å²) in [4.78, 5) is 13.7. The van der Waals surface area contributed by atoms with Gasteiger partial charge in [0.25, 0.3) is 0 Å². The van der Waals surface area contributed by atoms with Crippen LogP contribution in [0.15, 0.2) is 60.7 Å². The molecule has 4 rings (SSSR count). The van der Waals surface area contributed by atoms with E-state index in [-0.39, 0.29) is 12.0 Å². The zero-order valence-corrected chi connectivity index (χ0v) is 18.2. The van der Waals surface area contributed by atoms with Gasteiger partial charge in [-0.2, -0.15) is 0 Å². The van der Waals surface area contributed by atoms with Gasteiger partial charge in [0, 0.05) is 16.5 Å². The van der Waals surface area contributed by atoms with Gasteiger partial charge in [-0.05, 0) is 50.8 Å². The van der Waals surface area contributed by atoms with Crippen molar-refractivity contribution < 1.29 is 9.53 Å². The summed E-state index contributed by atoms with van der Waals surface area (Å²) < 4.78 is 6.13. The average Bonchev–Trinajstić information content (AvgIpc) is 3.27. The molecule has 3 nitrogen and oxygen atoms in total. The zero-order valence-electron chi connectivity index (χ0n) is 18.2. The third-order valence-corrected chi connectivity index (χ3v) is 6.50. The summed E-state index contributed by atoms with van der Waals surface area (Å²) in [7, 11) is 0. The van der Waals surface area contributed by atoms with Crippen LogP contribution in [-0.4, -0.2) is 12.0 Å². The van der Waals surface area contributed by atoms with Gasteiger partial charge in [-0.15, -0.1) is 0 Å². The summed E-state index contributed by atoms with van der Waals surface area (Å²) in [5, 5.41) is 5.34. The lowest BCUT2D eigenvalue weighted by molar-refractivity contribution is -0.121. The van der Waals surface area contributed by atoms with Crippen LogP contribution in [0.3, 0.4) is 0 Å². The normalized spacial score (nSPS) is 16.4. The third-order valence-electron chi connectivity index (χ3n) is 6.50. The Morgan fingerprint density at radius 2 is 1.77 bits per heavy atom. The van der Waals surface area contributed by atoms with Gasteiger partial charge < -0.3 is 10.1 Å². The quantitative estimate of drug-likeness (QED) is 0.494. The maximum atomic E-state index is 13.7. The maximum absolute atomic E-state index is 13.7. The van der Waals surface area contributed by atoms with E-state index in [1.165, 1.54) is 5.56 Å². The minimum atomic E-state index is -0.445. The second kappa shape index (κ2) is 8.51. The lowest BCUT2D eigenvalue weighted by Gasteiger charge is -2.29. The molecule has 30 heavy (non-hydrogen) atoms. The first-order valence-electron chi connectivity index (χ1n) is 11.1. The average molecular weight is 402 g/mol. The van der Waals surface area contributed by atoms with Crippen molar-refractivity contribution in [1.82, 2.24) is 0 Å². The van der Waals surface area contributed by atoms with Gasteiger partial charge in [0.2, 0.25) is 5.91 Å². The molecule has 0 aromatic heterocycles. The van der Waals surface area contributed by atoms with Gasteiger partial charge in [-0.25, -0.2) is 0 Å². The Morgan fingerprint density at radius 1 is 1.03 bits per heavy atom. The standard InChI is InChI=1S/C27H31NO2/c1-4-20(3)30-25-15-14-24(22-12-5-6-13-23(22)25)28-26(29)27(16-7-8-17-27)21-11-9-10-19(2)18-21/h5-6,9-15,18,20H,4,7-8,16-17H2,1-3H3,(H,28,29)/t20-/m1/s1. The summed E-state index contributed by atoms with van der Waals surface area (Å²) in [6.45, 7) is 6.29. The molecule has 156 valence electrons. The fourth-order valence-corrected chi connectivity index (χ4v) is 4.59. The molecule has 1 atom stereocenters. The number of amides is 1. The summed E-state index contributed by atoms with van der Waals surface area (Å²) in [6.07, 6.45) is 5.07. The van der Waals surface area contributed by atoms with Crippen LogP contribution in [-0.2, 0) is 10.2 Å². The number of carbonyl (C=O) groups excluding carboxylic acids is 1. The maximum Gasteiger partial charge on any atom is 0.235 e. The molecule has 0 saturated heterocycles. The lowest BCUT2D eigenvalue weighted by Crippen LogP contribution is -2.38. The molecule has 3 aromatic carbocycles. The molecule has 0 heterocycles. The number of hydrogen-bond donors (Lipinski definition) is 1. The van der Waals surface area contributed by atoms with E-state index in [0.29, 0.717) is 0 Å². The Bertz CT molecular complexity index is 1050. The Balaban J connectivity index is 1.70. The number of benzene rings is 3. The first-order chi connectivity index (χ1) is 14.5. The van der Waals surface area contributed by atoms with E-state index < -0.39 is 5.41 Å². The monoisotopic (exact) mass is 401 g/mol. The Morgan fingerprint density at radius 3 is 2.47 bits per heavy atom. The molecule has 0 bridgehead atoms. The summed E-state index contributed by atoms with van der Waals surface area (Å²) in [5.74, 6) is 0.971. The molecule has 1 aliphatic rings. The van der Waals surface area contributed by atoms with E-state index >= 15 is 0 Å². The molecule has 0 spiro atoms. The van der Waals surface area contributed by atoms with Crippen molar-refractivity contribution >= 4 is 22.4 Å². The van der Waals surface area contributed by atoms with Crippen molar-refractivity contribution in [3.63, 3.8) is 0 Å². The fourth-order valence-electron chi connectivity index (χ4n) is 4.59. The first-order valence-corrected chi connectivity index (χ1v) is 11.1. The minimum Gasteiger partial charge on any atom is -0.490 e. The van der Waals surface area contributed by atoms with Crippen LogP contribution in [0, 0.1) is 6.92 Å². The van der Waals surface area contributed by atoms with E-state index in [9.17, 15) is 4.79 Å². The first kappa shape index (κ1) is 20.5. The molecule has 0 unspecified atom stereocenters. The van der Waals surface area contributed by atoms with Crippen molar-refractivity contribution in [3.05, 3.63) is 71.8 Å². The highest BCUT2D eigenvalue weighted by Crippen LogP contribution is 2.43. The largest absolute Gasteiger partial charge is 0.490 e. The van der Waals surface area contributed by atoms with E-state index in [0.717, 1.165) is 59.9 Å². The topological polar surface area (TPSA) is 38.3 Å². The summed E-state index contributed by atoms with van der Waals surface area (Å²) in [6, 6.07) is 20.6. The summed E-state index contributed by atoms with van der Waals surface area (Å²) >= 11 is 0. The van der Waals surface area contributed by atoms with Crippen LogP contribution < -0.4 is 10.1 Å². The molecular weight excluding hydrogens is 370 g/mol. The Kier molecular flexibility index (Phi) is 5.80. The fraction of sp³-hybridized carbons (Fsp3) is 0.370. The highest BCUT2D eigenvalue weighted by Gasteiger charge is 2.42. The number of hydrogen-bond acceptors (Lipinski definition) is 2. The smallest absolute Gasteiger partial charge is 0.235 e. The van der Waals surface area contributed by atoms with Crippen LogP contribution in [0.4, 0.5) is 5.69 Å². The van der Waals surface area contributed by atoms with Crippen LogP contribution >= 0.6 is 0 Å². The molecule has 0 radical (unpaired) electrons. The van der Waals surface area contributed by atoms with Crippen LogP contribution in [0.2, 0.25) is 0 Å². The van der Waals surface area contributed by atoms with Crippen molar-refractivity contribution in [2.24, 2.45) is 0 Å². The Hall–Kier alpha value is -2.81. The number of anilines is 1. The molecule has 1 amide bonds.